The van der Waals surface area contributed by atoms with Crippen LogP contribution in [0.5, 0.6) is 0 Å². The maximum atomic E-state index is 12.1. The maximum Gasteiger partial charge on any atom is 0.222 e. The van der Waals surface area contributed by atoms with E-state index in [1.165, 1.54) is 0 Å². The second-order valence-electron chi connectivity index (χ2n) is 6.23. The molecule has 1 aliphatic rings. The first kappa shape index (κ1) is 17.9. The highest BCUT2D eigenvalue weighted by atomic mass is 16.5. The molecule has 5 nitrogen and oxygen atoms in total. The smallest absolute Gasteiger partial charge is 0.222 e. The lowest BCUT2D eigenvalue weighted by Gasteiger charge is -2.32. The number of piperazine rings is 1. The average molecular weight is 320 g/mol. The molecule has 0 aliphatic carbocycles. The number of amides is 1. The molecule has 1 aliphatic heterocycles. The number of likely N-dealkylation sites (N-methyl/N-ethyl adjacent to an activating group) is 1. The summed E-state index contributed by atoms with van der Waals surface area (Å²) in [6.45, 7) is 4.36. The van der Waals surface area contributed by atoms with Crippen LogP contribution in [0.2, 0.25) is 0 Å². The minimum absolute atomic E-state index is 0.204. The van der Waals surface area contributed by atoms with Crippen molar-refractivity contribution in [2.24, 2.45) is 0 Å². The minimum Gasteiger partial charge on any atom is -0.391 e. The van der Waals surface area contributed by atoms with Crippen LogP contribution in [0.15, 0.2) is 30.3 Å². The van der Waals surface area contributed by atoms with E-state index >= 15 is 0 Å². The summed E-state index contributed by atoms with van der Waals surface area (Å²) in [5.74, 6) is 0.204. The molecule has 1 N–H and O–H groups in total. The number of rotatable bonds is 8. The van der Waals surface area contributed by atoms with E-state index in [1.807, 2.05) is 35.2 Å². The van der Waals surface area contributed by atoms with E-state index in [4.69, 9.17) is 4.74 Å². The van der Waals surface area contributed by atoms with Crippen LogP contribution in [0, 0.1) is 0 Å². The van der Waals surface area contributed by atoms with E-state index in [0.29, 0.717) is 32.5 Å². The second-order valence-corrected chi connectivity index (χ2v) is 6.23. The predicted molar refractivity (Wildman–Crippen MR) is 90.0 cm³/mol. The zero-order valence-electron chi connectivity index (χ0n) is 14.0. The molecule has 0 spiro atoms. The fraction of sp³-hybridized carbons (Fsp3) is 0.611. The monoisotopic (exact) mass is 320 g/mol. The highest BCUT2D eigenvalue weighted by Crippen LogP contribution is 2.08. The number of aliphatic hydroxyl groups excluding tert-OH is 1. The molecule has 1 amide bonds. The van der Waals surface area contributed by atoms with Crippen molar-refractivity contribution in [1.82, 2.24) is 9.80 Å². The normalized spacial score (nSPS) is 17.2. The van der Waals surface area contributed by atoms with Crippen molar-refractivity contribution in [2.45, 2.75) is 32.0 Å². The van der Waals surface area contributed by atoms with Gasteiger partial charge in [0.25, 0.3) is 0 Å². The van der Waals surface area contributed by atoms with Gasteiger partial charge in [0.15, 0.2) is 0 Å². The molecule has 0 radical (unpaired) electrons. The highest BCUT2D eigenvalue weighted by molar-refractivity contribution is 5.76. The molecule has 2 rings (SSSR count). The Morgan fingerprint density at radius 1 is 1.22 bits per heavy atom. The minimum atomic E-state index is -0.501. The molecule has 1 unspecified atom stereocenters. The van der Waals surface area contributed by atoms with E-state index in [1.54, 1.807) is 0 Å². The number of nitrogens with zero attached hydrogens (tertiary/aromatic N) is 2. The van der Waals surface area contributed by atoms with E-state index in [2.05, 4.69) is 11.9 Å². The van der Waals surface area contributed by atoms with Gasteiger partial charge in [0.05, 0.1) is 19.3 Å². The zero-order chi connectivity index (χ0) is 16.5. The number of carbonyl (C=O) groups excluding carboxylic acids is 1. The molecule has 1 fully saturated rings. The molecule has 0 aromatic heterocycles. The molecule has 1 atom stereocenters. The van der Waals surface area contributed by atoms with E-state index in [9.17, 15) is 9.90 Å². The van der Waals surface area contributed by atoms with Crippen molar-refractivity contribution in [3.8, 4) is 0 Å². The predicted octanol–water partition coefficient (Wildman–Crippen LogP) is 1.51. The molecule has 1 heterocycles. The lowest BCUT2D eigenvalue weighted by atomic mass is 10.1. The summed E-state index contributed by atoms with van der Waals surface area (Å²) in [6.07, 6.45) is 1.33. The summed E-state index contributed by atoms with van der Waals surface area (Å²) in [4.78, 5) is 16.2. The quantitative estimate of drug-likeness (QED) is 0.789. The van der Waals surface area contributed by atoms with Gasteiger partial charge >= 0.3 is 0 Å². The Morgan fingerprint density at radius 2 is 1.91 bits per heavy atom. The Balaban J connectivity index is 1.54. The Kier molecular flexibility index (Phi) is 7.52. The van der Waals surface area contributed by atoms with E-state index in [-0.39, 0.29) is 5.91 Å². The molecule has 23 heavy (non-hydrogen) atoms. The van der Waals surface area contributed by atoms with Crippen LogP contribution in [0.1, 0.15) is 24.8 Å². The van der Waals surface area contributed by atoms with Gasteiger partial charge in [-0.1, -0.05) is 30.3 Å². The van der Waals surface area contributed by atoms with Crippen LogP contribution < -0.4 is 0 Å². The number of hydrogen-bond acceptors (Lipinski definition) is 4. The molecule has 1 saturated heterocycles. The first-order valence-electron chi connectivity index (χ1n) is 8.41. The topological polar surface area (TPSA) is 53.0 Å². The van der Waals surface area contributed by atoms with Crippen molar-refractivity contribution >= 4 is 5.91 Å². The number of benzene rings is 1. The average Bonchev–Trinajstić information content (AvgIpc) is 2.56. The van der Waals surface area contributed by atoms with Crippen molar-refractivity contribution in [3.63, 3.8) is 0 Å². The maximum absolute atomic E-state index is 12.1. The summed E-state index contributed by atoms with van der Waals surface area (Å²) in [5.41, 5.74) is 1.10. The molecule has 1 aromatic carbocycles. The van der Waals surface area contributed by atoms with Crippen molar-refractivity contribution in [3.05, 3.63) is 35.9 Å². The molecular formula is C18H28N2O3. The summed E-state index contributed by atoms with van der Waals surface area (Å²) in [5, 5.41) is 9.93. The second kappa shape index (κ2) is 9.65. The van der Waals surface area contributed by atoms with Crippen LogP contribution in [-0.2, 0) is 16.1 Å². The fourth-order valence-corrected chi connectivity index (χ4v) is 2.67. The van der Waals surface area contributed by atoms with Crippen LogP contribution in [-0.4, -0.2) is 66.8 Å². The first-order valence-corrected chi connectivity index (χ1v) is 8.41. The van der Waals surface area contributed by atoms with Crippen molar-refractivity contribution in [2.75, 3.05) is 39.8 Å². The summed E-state index contributed by atoms with van der Waals surface area (Å²) < 4.78 is 5.52. The van der Waals surface area contributed by atoms with Gasteiger partial charge in [0.1, 0.15) is 0 Å². The number of hydrogen-bond donors (Lipinski definition) is 1. The van der Waals surface area contributed by atoms with Gasteiger partial charge in [0, 0.05) is 32.6 Å². The van der Waals surface area contributed by atoms with Crippen molar-refractivity contribution < 1.29 is 14.6 Å². The lowest BCUT2D eigenvalue weighted by molar-refractivity contribution is -0.133. The summed E-state index contributed by atoms with van der Waals surface area (Å²) in [7, 11) is 2.08. The van der Waals surface area contributed by atoms with Gasteiger partial charge < -0.3 is 19.6 Å². The van der Waals surface area contributed by atoms with E-state index < -0.39 is 6.10 Å². The molecular weight excluding hydrogens is 292 g/mol. The van der Waals surface area contributed by atoms with Crippen LogP contribution in [0.4, 0.5) is 0 Å². The Morgan fingerprint density at radius 3 is 2.61 bits per heavy atom. The number of carbonyl (C=O) groups is 1. The van der Waals surface area contributed by atoms with Gasteiger partial charge in [-0.15, -0.1) is 0 Å². The Labute approximate surface area is 138 Å². The van der Waals surface area contributed by atoms with Gasteiger partial charge in [-0.25, -0.2) is 0 Å². The fourth-order valence-electron chi connectivity index (χ4n) is 2.67. The van der Waals surface area contributed by atoms with Gasteiger partial charge in [-0.3, -0.25) is 4.79 Å². The van der Waals surface area contributed by atoms with Gasteiger partial charge in [-0.05, 0) is 25.5 Å². The van der Waals surface area contributed by atoms with Gasteiger partial charge in [0.2, 0.25) is 5.91 Å². The molecule has 5 heteroatoms. The molecule has 0 saturated carbocycles. The third-order valence-corrected chi connectivity index (χ3v) is 4.21. The SMILES string of the molecule is CN1CCN(C(=O)CCCC(O)COCc2ccccc2)CC1. The van der Waals surface area contributed by atoms with E-state index in [0.717, 1.165) is 31.7 Å². The third-order valence-electron chi connectivity index (χ3n) is 4.21. The Bertz CT molecular complexity index is 459. The highest BCUT2D eigenvalue weighted by Gasteiger charge is 2.18. The standard InChI is InChI=1S/C18H28N2O3/c1-19-10-12-20(13-11-19)18(22)9-5-8-17(21)15-23-14-16-6-3-2-4-7-16/h2-4,6-7,17,21H,5,8-15H2,1H3. The number of aliphatic hydroxyl groups is 1. The van der Waals surface area contributed by atoms with Crippen LogP contribution in [0.3, 0.4) is 0 Å². The van der Waals surface area contributed by atoms with Crippen molar-refractivity contribution in [1.29, 1.82) is 0 Å². The third kappa shape index (κ3) is 6.69. The summed E-state index contributed by atoms with van der Waals surface area (Å²) in [6, 6.07) is 9.91. The summed E-state index contributed by atoms with van der Waals surface area (Å²) >= 11 is 0. The van der Waals surface area contributed by atoms with Gasteiger partial charge in [-0.2, -0.15) is 0 Å². The largest absolute Gasteiger partial charge is 0.391 e. The Hall–Kier alpha value is -1.43. The van der Waals surface area contributed by atoms with Crippen LogP contribution in [0.25, 0.3) is 0 Å². The molecule has 0 bridgehead atoms. The molecule has 1 aromatic rings. The van der Waals surface area contributed by atoms with Crippen LogP contribution >= 0.6 is 0 Å². The lowest BCUT2D eigenvalue weighted by Crippen LogP contribution is -2.47. The molecule has 128 valence electrons. The first-order chi connectivity index (χ1) is 11.1. The zero-order valence-corrected chi connectivity index (χ0v) is 14.0. The number of ether oxygens (including phenoxy) is 1.